The van der Waals surface area contributed by atoms with Crippen molar-refractivity contribution in [3.63, 3.8) is 0 Å². The van der Waals surface area contributed by atoms with Crippen LogP contribution in [0.3, 0.4) is 0 Å². The first-order valence-corrected chi connectivity index (χ1v) is 13.8. The summed E-state index contributed by atoms with van der Waals surface area (Å²) >= 11 is -0.270. The van der Waals surface area contributed by atoms with Crippen molar-refractivity contribution in [1.29, 1.82) is 0 Å². The Morgan fingerprint density at radius 3 is 2.22 bits per heavy atom. The van der Waals surface area contributed by atoms with Gasteiger partial charge in [-0.3, -0.25) is 14.6 Å². The van der Waals surface area contributed by atoms with Gasteiger partial charge in [-0.1, -0.05) is 18.2 Å². The fourth-order valence-electron chi connectivity index (χ4n) is 4.97. The van der Waals surface area contributed by atoms with Crippen molar-refractivity contribution >= 4 is 41.0 Å². The van der Waals surface area contributed by atoms with Gasteiger partial charge in [-0.25, -0.2) is 9.69 Å². The smallest absolute Gasteiger partial charge is 0.368 e. The number of amides is 4. The molecule has 0 spiro atoms. The molecule has 0 aliphatic carbocycles. The number of alkyl halides is 3. The van der Waals surface area contributed by atoms with Crippen molar-refractivity contribution in [1.82, 2.24) is 14.8 Å². The average Bonchev–Trinajstić information content (AvgIpc) is 3.12. The summed E-state index contributed by atoms with van der Waals surface area (Å²) in [7, 11) is 0. The van der Waals surface area contributed by atoms with E-state index in [0.29, 0.717) is 31.7 Å². The summed E-state index contributed by atoms with van der Waals surface area (Å²) in [5, 5.41) is 0. The molecule has 2 saturated heterocycles. The number of benzene rings is 2. The number of rotatable bonds is 6. The molecule has 2 fully saturated rings. The predicted molar refractivity (Wildman–Crippen MR) is 150 cm³/mol. The number of carbonyl (C=O) groups is 3. The lowest BCUT2D eigenvalue weighted by Gasteiger charge is -2.36. The molecule has 0 unspecified atom stereocenters. The maximum Gasteiger partial charge on any atom is 0.446 e. The number of urea groups is 1. The number of nitrogens with zero attached hydrogens (tertiary/aromatic N) is 5. The van der Waals surface area contributed by atoms with E-state index in [9.17, 15) is 27.6 Å². The zero-order valence-electron chi connectivity index (χ0n) is 22.5. The second kappa shape index (κ2) is 11.1. The van der Waals surface area contributed by atoms with Crippen molar-refractivity contribution in [3.8, 4) is 0 Å². The van der Waals surface area contributed by atoms with E-state index < -0.39 is 23.0 Å². The minimum absolute atomic E-state index is 0.0423. The van der Waals surface area contributed by atoms with Crippen molar-refractivity contribution in [2.24, 2.45) is 0 Å². The molecule has 8 nitrogen and oxygen atoms in total. The summed E-state index contributed by atoms with van der Waals surface area (Å²) in [6.07, 6.45) is 1.51. The number of thioether (sulfide) groups is 1. The van der Waals surface area contributed by atoms with Crippen LogP contribution in [0.5, 0.6) is 0 Å². The van der Waals surface area contributed by atoms with Gasteiger partial charge in [-0.05, 0) is 79.7 Å². The monoisotopic (exact) mass is 583 g/mol. The number of pyridine rings is 1. The van der Waals surface area contributed by atoms with Gasteiger partial charge in [-0.15, -0.1) is 0 Å². The number of hydrogen-bond acceptors (Lipinski definition) is 6. The Bertz CT molecular complexity index is 1440. The number of carbonyl (C=O) groups excluding carboxylic acids is 3. The molecule has 4 amide bonds. The van der Waals surface area contributed by atoms with Gasteiger partial charge in [0.05, 0.1) is 5.69 Å². The Hall–Kier alpha value is -4.06. The highest BCUT2D eigenvalue weighted by atomic mass is 32.2. The van der Waals surface area contributed by atoms with E-state index in [1.54, 1.807) is 30.9 Å². The van der Waals surface area contributed by atoms with E-state index in [-0.39, 0.29) is 40.5 Å². The Morgan fingerprint density at radius 1 is 0.927 bits per heavy atom. The maximum atomic E-state index is 13.4. The van der Waals surface area contributed by atoms with E-state index in [4.69, 9.17) is 0 Å². The van der Waals surface area contributed by atoms with Gasteiger partial charge in [0.15, 0.2) is 0 Å². The van der Waals surface area contributed by atoms with Crippen LogP contribution in [0.1, 0.15) is 29.9 Å². The molecule has 0 atom stereocenters. The fraction of sp³-hybridized carbons (Fsp3) is 0.310. The van der Waals surface area contributed by atoms with Gasteiger partial charge in [0, 0.05) is 49.5 Å². The van der Waals surface area contributed by atoms with Crippen molar-refractivity contribution < 1.29 is 27.6 Å². The molecule has 41 heavy (non-hydrogen) atoms. The molecule has 2 aliphatic heterocycles. The average molecular weight is 584 g/mol. The van der Waals surface area contributed by atoms with Crippen LogP contribution in [0, 0.1) is 0 Å². The first kappa shape index (κ1) is 28.5. The zero-order chi connectivity index (χ0) is 29.4. The van der Waals surface area contributed by atoms with Crippen LogP contribution in [-0.4, -0.2) is 69.9 Å². The molecular weight excluding hydrogens is 555 g/mol. The highest BCUT2D eigenvalue weighted by Crippen LogP contribution is 2.39. The lowest BCUT2D eigenvalue weighted by molar-refractivity contribution is -0.123. The quantitative estimate of drug-likeness (QED) is 0.286. The minimum atomic E-state index is -4.44. The standard InChI is InChI=1S/C29H28F3N5O3S/c1-28(2)26(39)37(22-8-10-23(11-9-22)41-29(30,31)32)27(40)36(28)19-20-12-13-33-24(18-20)25(38)35-16-14-34(15-17-35)21-6-4-3-5-7-21/h3-13,18H,14-17,19H2,1-2H3. The van der Waals surface area contributed by atoms with Crippen molar-refractivity contribution in [3.05, 3.63) is 84.2 Å². The molecule has 3 heterocycles. The lowest BCUT2D eigenvalue weighted by atomic mass is 10.0. The first-order valence-electron chi connectivity index (χ1n) is 13.0. The maximum absolute atomic E-state index is 13.4. The summed E-state index contributed by atoms with van der Waals surface area (Å²) < 4.78 is 38.1. The van der Waals surface area contributed by atoms with E-state index in [1.807, 2.05) is 30.3 Å². The van der Waals surface area contributed by atoms with Gasteiger partial charge in [0.25, 0.3) is 11.8 Å². The SMILES string of the molecule is CC1(C)C(=O)N(c2ccc(SC(F)(F)F)cc2)C(=O)N1Cc1ccnc(C(=O)N2CCN(c3ccccc3)CC2)c1. The highest BCUT2D eigenvalue weighted by Gasteiger charge is 2.51. The number of anilines is 2. The third kappa shape index (κ3) is 6.02. The molecule has 3 aromatic rings. The fourth-order valence-corrected chi connectivity index (χ4v) is 5.51. The van der Waals surface area contributed by atoms with Gasteiger partial charge in [-0.2, -0.15) is 13.2 Å². The van der Waals surface area contributed by atoms with E-state index in [0.717, 1.165) is 10.6 Å². The van der Waals surface area contributed by atoms with Crippen LogP contribution in [-0.2, 0) is 11.3 Å². The Balaban J connectivity index is 1.27. The van der Waals surface area contributed by atoms with Gasteiger partial charge >= 0.3 is 11.5 Å². The molecule has 5 rings (SSSR count). The summed E-state index contributed by atoms with van der Waals surface area (Å²) in [4.78, 5) is 50.5. The highest BCUT2D eigenvalue weighted by molar-refractivity contribution is 8.00. The predicted octanol–water partition coefficient (Wildman–Crippen LogP) is 5.40. The number of aromatic nitrogens is 1. The van der Waals surface area contributed by atoms with Gasteiger partial charge < -0.3 is 14.7 Å². The molecule has 1 aromatic heterocycles. The van der Waals surface area contributed by atoms with Crippen LogP contribution in [0.25, 0.3) is 0 Å². The van der Waals surface area contributed by atoms with Gasteiger partial charge in [0.1, 0.15) is 11.2 Å². The minimum Gasteiger partial charge on any atom is -0.368 e. The Labute approximate surface area is 239 Å². The first-order chi connectivity index (χ1) is 19.4. The Morgan fingerprint density at radius 2 is 1.59 bits per heavy atom. The molecule has 0 bridgehead atoms. The molecule has 0 saturated carbocycles. The number of piperazine rings is 1. The number of imide groups is 1. The molecule has 2 aliphatic rings. The Kier molecular flexibility index (Phi) is 7.69. The van der Waals surface area contributed by atoms with E-state index in [2.05, 4.69) is 9.88 Å². The second-order valence-electron chi connectivity index (χ2n) is 10.3. The molecule has 12 heteroatoms. The zero-order valence-corrected chi connectivity index (χ0v) is 23.3. The molecule has 214 valence electrons. The third-order valence-corrected chi connectivity index (χ3v) is 7.96. The van der Waals surface area contributed by atoms with Crippen LogP contribution < -0.4 is 9.80 Å². The largest absolute Gasteiger partial charge is 0.446 e. The van der Waals surface area contributed by atoms with Crippen LogP contribution >= 0.6 is 11.8 Å². The lowest BCUT2D eigenvalue weighted by Crippen LogP contribution is -2.49. The topological polar surface area (TPSA) is 77.1 Å². The molecular formula is C29H28F3N5O3S. The third-order valence-electron chi connectivity index (χ3n) is 7.22. The number of hydrogen-bond donors (Lipinski definition) is 0. The van der Waals surface area contributed by atoms with Crippen molar-refractivity contribution in [2.75, 3.05) is 36.0 Å². The normalized spacial score (nSPS) is 17.4. The van der Waals surface area contributed by atoms with Crippen LogP contribution in [0.2, 0.25) is 0 Å². The second-order valence-corrected chi connectivity index (χ2v) is 11.4. The van der Waals surface area contributed by atoms with Crippen LogP contribution in [0.4, 0.5) is 29.3 Å². The molecule has 0 radical (unpaired) electrons. The number of halogens is 3. The van der Waals surface area contributed by atoms with Crippen LogP contribution in [0.15, 0.2) is 77.8 Å². The van der Waals surface area contributed by atoms with Gasteiger partial charge in [0.2, 0.25) is 0 Å². The van der Waals surface area contributed by atoms with E-state index >= 15 is 0 Å². The summed E-state index contributed by atoms with van der Waals surface area (Å²) in [5.74, 6) is -0.707. The number of para-hydroxylation sites is 1. The summed E-state index contributed by atoms with van der Waals surface area (Å²) in [6.45, 7) is 5.74. The van der Waals surface area contributed by atoms with Crippen molar-refractivity contribution in [2.45, 2.75) is 36.3 Å². The summed E-state index contributed by atoms with van der Waals surface area (Å²) in [6, 6.07) is 17.8. The molecule has 2 aromatic carbocycles. The summed E-state index contributed by atoms with van der Waals surface area (Å²) in [5.41, 5.74) is -3.50. The van der Waals surface area contributed by atoms with E-state index in [1.165, 1.54) is 35.4 Å². The molecule has 0 N–H and O–H groups in total.